The largest absolute Gasteiger partial charge is 0.394 e. The van der Waals surface area contributed by atoms with Gasteiger partial charge in [0.05, 0.1) is 24.4 Å². The Hall–Kier alpha value is -3.01. The molecular weight excluding hydrogens is 451 g/mol. The molecule has 0 radical (unpaired) electrons. The Labute approximate surface area is 196 Å². The minimum atomic E-state index is -1.08. The summed E-state index contributed by atoms with van der Waals surface area (Å²) in [6.07, 6.45) is 0. The summed E-state index contributed by atoms with van der Waals surface area (Å²) in [5, 5.41) is 12.1. The lowest BCUT2D eigenvalue weighted by molar-refractivity contribution is -0.137. The van der Waals surface area contributed by atoms with Gasteiger partial charge < -0.3 is 26.0 Å². The highest BCUT2D eigenvalue weighted by Gasteiger charge is 2.41. The third-order valence-corrected chi connectivity index (χ3v) is 5.75. The van der Waals surface area contributed by atoms with Gasteiger partial charge in [0.2, 0.25) is 11.8 Å². The molecule has 0 saturated carbocycles. The predicted molar refractivity (Wildman–Crippen MR) is 123 cm³/mol. The summed E-state index contributed by atoms with van der Waals surface area (Å²) in [6.45, 7) is 3.77. The van der Waals surface area contributed by atoms with Gasteiger partial charge in [-0.2, -0.15) is 0 Å². The number of carbonyl (C=O) groups excluding carboxylic acids is 3. The lowest BCUT2D eigenvalue weighted by Crippen LogP contribution is -2.61. The van der Waals surface area contributed by atoms with Crippen LogP contribution in [0.15, 0.2) is 36.4 Å². The Morgan fingerprint density at radius 1 is 1.21 bits per heavy atom. The fourth-order valence-electron chi connectivity index (χ4n) is 3.86. The Morgan fingerprint density at radius 2 is 1.94 bits per heavy atom. The first-order valence-electron chi connectivity index (χ1n) is 10.7. The maximum Gasteiger partial charge on any atom is 0.256 e. The van der Waals surface area contributed by atoms with Crippen LogP contribution in [-0.4, -0.2) is 71.0 Å². The van der Waals surface area contributed by atoms with Gasteiger partial charge in [-0.05, 0) is 35.9 Å². The van der Waals surface area contributed by atoms with Crippen LogP contribution in [0.3, 0.4) is 0 Å². The van der Waals surface area contributed by atoms with Gasteiger partial charge in [-0.3, -0.25) is 14.4 Å². The van der Waals surface area contributed by atoms with Crippen molar-refractivity contribution >= 4 is 35.0 Å². The SMILES string of the molecule is CC.NC(CO)C(=O)N1CCN2C(=O)c3cc(-c4ccc(Cl)cc4F)ccc3NC(=O)[C@H]2C1. The van der Waals surface area contributed by atoms with Crippen LogP contribution in [-0.2, 0) is 9.59 Å². The number of rotatable bonds is 3. The first-order valence-corrected chi connectivity index (χ1v) is 11.0. The molecule has 2 aliphatic rings. The average Bonchev–Trinajstić information content (AvgIpc) is 2.93. The first kappa shape index (κ1) is 24.6. The van der Waals surface area contributed by atoms with Crippen molar-refractivity contribution < 1.29 is 23.9 Å². The molecular formula is C23H26ClFN4O4. The fraction of sp³-hybridized carbons (Fsp3) is 0.348. The molecule has 2 heterocycles. The number of piperazine rings is 1. The molecule has 2 atom stereocenters. The van der Waals surface area contributed by atoms with Crippen LogP contribution in [0.4, 0.5) is 10.1 Å². The van der Waals surface area contributed by atoms with Gasteiger partial charge in [0, 0.05) is 23.7 Å². The minimum Gasteiger partial charge on any atom is -0.394 e. The molecule has 2 aromatic carbocycles. The number of carbonyl (C=O) groups is 3. The maximum absolute atomic E-state index is 14.4. The molecule has 3 amide bonds. The van der Waals surface area contributed by atoms with Crippen LogP contribution in [0.5, 0.6) is 0 Å². The number of benzene rings is 2. The molecule has 8 nitrogen and oxygen atoms in total. The smallest absolute Gasteiger partial charge is 0.256 e. The summed E-state index contributed by atoms with van der Waals surface area (Å²) in [5.41, 5.74) is 6.90. The van der Waals surface area contributed by atoms with Crippen LogP contribution in [0.2, 0.25) is 5.02 Å². The summed E-state index contributed by atoms with van der Waals surface area (Å²) < 4.78 is 14.4. The van der Waals surface area contributed by atoms with Gasteiger partial charge in [-0.1, -0.05) is 31.5 Å². The van der Waals surface area contributed by atoms with Gasteiger partial charge in [0.1, 0.15) is 17.9 Å². The van der Waals surface area contributed by atoms with Crippen molar-refractivity contribution in [3.8, 4) is 11.1 Å². The van der Waals surface area contributed by atoms with E-state index in [0.29, 0.717) is 11.3 Å². The van der Waals surface area contributed by atoms with E-state index in [1.54, 1.807) is 18.2 Å². The van der Waals surface area contributed by atoms with E-state index in [0.717, 1.165) is 0 Å². The first-order chi connectivity index (χ1) is 15.8. The number of nitrogens with zero attached hydrogens (tertiary/aromatic N) is 2. The molecule has 4 N–H and O–H groups in total. The molecule has 33 heavy (non-hydrogen) atoms. The number of anilines is 1. The van der Waals surface area contributed by atoms with Gasteiger partial charge in [0.25, 0.3) is 5.91 Å². The Kier molecular flexibility index (Phi) is 7.68. The maximum atomic E-state index is 14.4. The topological polar surface area (TPSA) is 116 Å². The number of halogens is 2. The lowest BCUT2D eigenvalue weighted by Gasteiger charge is -2.40. The normalized spacial score (nSPS) is 18.3. The molecule has 0 bridgehead atoms. The number of aliphatic hydroxyl groups is 1. The Morgan fingerprint density at radius 3 is 2.61 bits per heavy atom. The number of aliphatic hydroxyl groups excluding tert-OH is 1. The van der Waals surface area contributed by atoms with Crippen LogP contribution < -0.4 is 11.1 Å². The zero-order valence-electron chi connectivity index (χ0n) is 18.3. The molecule has 2 aromatic rings. The van der Waals surface area contributed by atoms with Crippen LogP contribution in [0.1, 0.15) is 24.2 Å². The van der Waals surface area contributed by atoms with E-state index >= 15 is 0 Å². The van der Waals surface area contributed by atoms with Crippen molar-refractivity contribution in [1.82, 2.24) is 9.80 Å². The van der Waals surface area contributed by atoms with Crippen molar-refractivity contribution in [2.45, 2.75) is 25.9 Å². The summed E-state index contributed by atoms with van der Waals surface area (Å²) in [5.74, 6) is -1.84. The Balaban J connectivity index is 0.00000149. The van der Waals surface area contributed by atoms with E-state index in [-0.39, 0.29) is 35.8 Å². The van der Waals surface area contributed by atoms with Crippen molar-refractivity contribution in [2.24, 2.45) is 5.73 Å². The van der Waals surface area contributed by atoms with E-state index < -0.39 is 42.2 Å². The number of nitrogens with two attached hydrogens (primary N) is 1. The highest BCUT2D eigenvalue weighted by Crippen LogP contribution is 2.32. The number of hydrogen-bond acceptors (Lipinski definition) is 5. The second-order valence-corrected chi connectivity index (χ2v) is 7.90. The number of hydrogen-bond donors (Lipinski definition) is 3. The highest BCUT2D eigenvalue weighted by molar-refractivity contribution is 6.30. The van der Waals surface area contributed by atoms with Crippen molar-refractivity contribution in [3.63, 3.8) is 0 Å². The summed E-state index contributed by atoms with van der Waals surface area (Å²) in [6, 6.07) is 6.98. The van der Waals surface area contributed by atoms with Crippen molar-refractivity contribution in [3.05, 3.63) is 52.8 Å². The predicted octanol–water partition coefficient (Wildman–Crippen LogP) is 2.10. The van der Waals surface area contributed by atoms with Crippen LogP contribution >= 0.6 is 11.6 Å². The quantitative estimate of drug-likeness (QED) is 0.627. The molecule has 2 aliphatic heterocycles. The molecule has 4 rings (SSSR count). The summed E-state index contributed by atoms with van der Waals surface area (Å²) >= 11 is 5.82. The van der Waals surface area contributed by atoms with E-state index in [9.17, 15) is 18.8 Å². The Bertz CT molecular complexity index is 1080. The van der Waals surface area contributed by atoms with E-state index in [4.69, 9.17) is 22.4 Å². The van der Waals surface area contributed by atoms with E-state index in [1.807, 2.05) is 13.8 Å². The van der Waals surface area contributed by atoms with Crippen LogP contribution in [0.25, 0.3) is 11.1 Å². The lowest BCUT2D eigenvalue weighted by atomic mass is 10.0. The molecule has 1 unspecified atom stereocenters. The number of amides is 3. The molecule has 10 heteroatoms. The van der Waals surface area contributed by atoms with Crippen LogP contribution in [0, 0.1) is 5.82 Å². The van der Waals surface area contributed by atoms with Gasteiger partial charge in [-0.25, -0.2) is 4.39 Å². The number of nitrogens with one attached hydrogen (secondary N) is 1. The third kappa shape index (κ3) is 4.85. The summed E-state index contributed by atoms with van der Waals surface area (Å²) in [7, 11) is 0. The second-order valence-electron chi connectivity index (χ2n) is 7.46. The third-order valence-electron chi connectivity index (χ3n) is 5.52. The zero-order chi connectivity index (χ0) is 24.3. The van der Waals surface area contributed by atoms with Crippen molar-refractivity contribution in [2.75, 3.05) is 31.6 Å². The zero-order valence-corrected chi connectivity index (χ0v) is 19.1. The van der Waals surface area contributed by atoms with E-state index in [1.165, 1.54) is 28.0 Å². The standard InChI is InChI=1S/C21H20ClFN4O4.C2H6/c22-12-2-3-13(15(23)8-12)11-1-4-17-14(7-11)20(30)27-6-5-26(21(31)16(24)10-28)9-18(27)19(29)25-17;1-2/h1-4,7-8,16,18,28H,5-6,9-10,24H2,(H,25,29);1-2H3/t16?,18-;/m1./s1. The highest BCUT2D eigenvalue weighted by atomic mass is 35.5. The monoisotopic (exact) mass is 476 g/mol. The van der Waals surface area contributed by atoms with Gasteiger partial charge in [-0.15, -0.1) is 0 Å². The average molecular weight is 477 g/mol. The molecule has 0 aromatic heterocycles. The molecule has 0 aliphatic carbocycles. The molecule has 1 fully saturated rings. The molecule has 0 spiro atoms. The van der Waals surface area contributed by atoms with Gasteiger partial charge >= 0.3 is 0 Å². The summed E-state index contributed by atoms with van der Waals surface area (Å²) in [4.78, 5) is 41.2. The number of fused-ring (bicyclic) bond motifs is 2. The molecule has 1 saturated heterocycles. The fourth-order valence-corrected chi connectivity index (χ4v) is 4.01. The van der Waals surface area contributed by atoms with Gasteiger partial charge in [0.15, 0.2) is 0 Å². The second kappa shape index (κ2) is 10.3. The van der Waals surface area contributed by atoms with E-state index in [2.05, 4.69) is 5.32 Å². The van der Waals surface area contributed by atoms with Crippen molar-refractivity contribution in [1.29, 1.82) is 0 Å². The molecule has 176 valence electrons. The minimum absolute atomic E-state index is 0.0310.